The van der Waals surface area contributed by atoms with Crippen molar-refractivity contribution in [3.8, 4) is 0 Å². The van der Waals surface area contributed by atoms with Crippen molar-refractivity contribution in [2.24, 2.45) is 5.92 Å². The predicted molar refractivity (Wildman–Crippen MR) is 111 cm³/mol. The second kappa shape index (κ2) is 8.60. The van der Waals surface area contributed by atoms with Gasteiger partial charge < -0.3 is 10.6 Å². The summed E-state index contributed by atoms with van der Waals surface area (Å²) < 4.78 is 14.2. The van der Waals surface area contributed by atoms with Gasteiger partial charge in [-0.05, 0) is 42.4 Å². The van der Waals surface area contributed by atoms with Crippen LogP contribution in [0.15, 0.2) is 66.7 Å². The molecule has 2 aromatic carbocycles. The van der Waals surface area contributed by atoms with E-state index >= 15 is 0 Å². The molecule has 0 bridgehead atoms. The molecule has 29 heavy (non-hydrogen) atoms. The standard InChI is InChI=1S/C24H25FN2O2/c25-18-12-13-20-19(15-18)22(17-9-5-2-6-10-17)23(24(29)26-20)27-21(28)14-11-16-7-3-1-4-8-16/h1-11,14,18-20,22-23H,12-13,15H2,(H,26,29)(H,27,28)/b14-11+. The zero-order chi connectivity index (χ0) is 20.2. The smallest absolute Gasteiger partial charge is 0.244 e. The highest BCUT2D eigenvalue weighted by Gasteiger charge is 2.47. The van der Waals surface area contributed by atoms with Crippen LogP contribution in [0, 0.1) is 5.92 Å². The summed E-state index contributed by atoms with van der Waals surface area (Å²) in [6.45, 7) is 0. The zero-order valence-corrected chi connectivity index (χ0v) is 16.1. The number of carbonyl (C=O) groups is 2. The Balaban J connectivity index is 1.58. The van der Waals surface area contributed by atoms with Crippen LogP contribution in [0.2, 0.25) is 0 Å². The van der Waals surface area contributed by atoms with Crippen LogP contribution in [-0.4, -0.2) is 30.1 Å². The molecule has 150 valence electrons. The summed E-state index contributed by atoms with van der Waals surface area (Å²) in [5, 5.41) is 5.90. The first-order valence-corrected chi connectivity index (χ1v) is 10.1. The van der Waals surface area contributed by atoms with Gasteiger partial charge in [0.1, 0.15) is 12.2 Å². The molecule has 5 unspecified atom stereocenters. The van der Waals surface area contributed by atoms with E-state index in [0.29, 0.717) is 19.3 Å². The van der Waals surface area contributed by atoms with Gasteiger partial charge in [0.15, 0.2) is 0 Å². The normalized spacial score (nSPS) is 29.1. The number of nitrogens with one attached hydrogen (secondary N) is 2. The Hall–Kier alpha value is -2.95. The average Bonchev–Trinajstić information content (AvgIpc) is 2.74. The average molecular weight is 392 g/mol. The number of fused-ring (bicyclic) bond motifs is 1. The molecule has 4 rings (SSSR count). The van der Waals surface area contributed by atoms with Gasteiger partial charge >= 0.3 is 0 Å². The van der Waals surface area contributed by atoms with E-state index in [1.165, 1.54) is 6.08 Å². The lowest BCUT2D eigenvalue weighted by Gasteiger charge is -2.46. The van der Waals surface area contributed by atoms with Gasteiger partial charge in [-0.2, -0.15) is 0 Å². The lowest BCUT2D eigenvalue weighted by Crippen LogP contribution is -2.62. The minimum Gasteiger partial charge on any atom is -0.351 e. The first-order chi connectivity index (χ1) is 14.1. The van der Waals surface area contributed by atoms with Gasteiger partial charge in [-0.25, -0.2) is 4.39 Å². The molecule has 0 radical (unpaired) electrons. The Labute approximate surface area is 170 Å². The maximum Gasteiger partial charge on any atom is 0.244 e. The molecule has 1 saturated heterocycles. The van der Waals surface area contributed by atoms with Crippen molar-refractivity contribution in [2.45, 2.75) is 43.4 Å². The Bertz CT molecular complexity index is 884. The summed E-state index contributed by atoms with van der Waals surface area (Å²) in [7, 11) is 0. The highest BCUT2D eigenvalue weighted by molar-refractivity contribution is 5.96. The summed E-state index contributed by atoms with van der Waals surface area (Å²) in [4.78, 5) is 25.5. The Morgan fingerprint density at radius 2 is 1.72 bits per heavy atom. The van der Waals surface area contributed by atoms with E-state index in [1.807, 2.05) is 60.7 Å². The van der Waals surface area contributed by atoms with Gasteiger partial charge in [0.25, 0.3) is 0 Å². The third-order valence-electron chi connectivity index (χ3n) is 5.98. The van der Waals surface area contributed by atoms with Gasteiger partial charge in [-0.15, -0.1) is 0 Å². The van der Waals surface area contributed by atoms with Crippen LogP contribution >= 0.6 is 0 Å². The van der Waals surface area contributed by atoms with Crippen LogP contribution in [0.5, 0.6) is 0 Å². The molecule has 1 saturated carbocycles. The van der Waals surface area contributed by atoms with Crippen molar-refractivity contribution in [1.29, 1.82) is 0 Å². The Morgan fingerprint density at radius 3 is 2.45 bits per heavy atom. The van der Waals surface area contributed by atoms with Gasteiger partial charge in [-0.3, -0.25) is 9.59 Å². The Kier molecular flexibility index (Phi) is 5.74. The second-order valence-electron chi connectivity index (χ2n) is 7.86. The van der Waals surface area contributed by atoms with E-state index in [9.17, 15) is 14.0 Å². The van der Waals surface area contributed by atoms with E-state index in [-0.39, 0.29) is 29.7 Å². The van der Waals surface area contributed by atoms with E-state index in [2.05, 4.69) is 10.6 Å². The fourth-order valence-corrected chi connectivity index (χ4v) is 4.62. The molecule has 2 N–H and O–H groups in total. The van der Waals surface area contributed by atoms with Gasteiger partial charge in [0.2, 0.25) is 11.8 Å². The van der Waals surface area contributed by atoms with E-state index in [1.54, 1.807) is 6.08 Å². The molecule has 5 atom stereocenters. The van der Waals surface area contributed by atoms with Gasteiger partial charge in [0, 0.05) is 18.0 Å². The number of halogens is 1. The van der Waals surface area contributed by atoms with Crippen LogP contribution in [-0.2, 0) is 9.59 Å². The fourth-order valence-electron chi connectivity index (χ4n) is 4.62. The molecule has 0 aromatic heterocycles. The third kappa shape index (κ3) is 4.39. The third-order valence-corrected chi connectivity index (χ3v) is 5.98. The number of rotatable bonds is 4. The first-order valence-electron chi connectivity index (χ1n) is 10.1. The van der Waals surface area contributed by atoms with Gasteiger partial charge in [-0.1, -0.05) is 60.7 Å². The number of carbonyl (C=O) groups excluding carboxylic acids is 2. The van der Waals surface area contributed by atoms with Crippen molar-refractivity contribution >= 4 is 17.9 Å². The first kappa shape index (κ1) is 19.4. The van der Waals surface area contributed by atoms with E-state index < -0.39 is 12.2 Å². The Morgan fingerprint density at radius 1 is 1.03 bits per heavy atom. The summed E-state index contributed by atoms with van der Waals surface area (Å²) in [6.07, 6.45) is 3.79. The maximum atomic E-state index is 14.2. The zero-order valence-electron chi connectivity index (χ0n) is 16.1. The molecular formula is C24H25FN2O2. The predicted octanol–water partition coefficient (Wildman–Crippen LogP) is 3.61. The molecular weight excluding hydrogens is 367 g/mol. The molecule has 0 spiro atoms. The number of alkyl halides is 1. The van der Waals surface area contributed by atoms with Crippen molar-refractivity contribution in [3.63, 3.8) is 0 Å². The topological polar surface area (TPSA) is 58.2 Å². The van der Waals surface area contributed by atoms with Crippen LogP contribution in [0.1, 0.15) is 36.3 Å². The molecule has 2 amide bonds. The highest BCUT2D eigenvalue weighted by atomic mass is 19.1. The highest BCUT2D eigenvalue weighted by Crippen LogP contribution is 2.42. The summed E-state index contributed by atoms with van der Waals surface area (Å²) in [6, 6.07) is 18.4. The molecule has 2 fully saturated rings. The minimum atomic E-state index is -0.869. The molecule has 5 heteroatoms. The monoisotopic (exact) mass is 392 g/mol. The molecule has 1 aliphatic carbocycles. The number of hydrogen-bond donors (Lipinski definition) is 2. The van der Waals surface area contributed by atoms with Crippen LogP contribution in [0.4, 0.5) is 4.39 Å². The molecule has 2 aliphatic rings. The van der Waals surface area contributed by atoms with E-state index in [4.69, 9.17) is 0 Å². The van der Waals surface area contributed by atoms with Crippen molar-refractivity contribution in [3.05, 3.63) is 77.9 Å². The lowest BCUT2D eigenvalue weighted by molar-refractivity contribution is -0.132. The van der Waals surface area contributed by atoms with Crippen molar-refractivity contribution in [1.82, 2.24) is 10.6 Å². The van der Waals surface area contributed by atoms with Crippen molar-refractivity contribution < 1.29 is 14.0 Å². The van der Waals surface area contributed by atoms with Crippen LogP contribution in [0.25, 0.3) is 6.08 Å². The largest absolute Gasteiger partial charge is 0.351 e. The SMILES string of the molecule is O=C(/C=C/c1ccccc1)NC1C(=O)NC2CCC(F)CC2C1c1ccccc1. The second-order valence-corrected chi connectivity index (χ2v) is 7.86. The molecule has 1 aliphatic heterocycles. The number of hydrogen-bond acceptors (Lipinski definition) is 2. The number of benzene rings is 2. The quantitative estimate of drug-likeness (QED) is 0.781. The van der Waals surface area contributed by atoms with Crippen molar-refractivity contribution in [2.75, 3.05) is 0 Å². The summed E-state index contributed by atoms with van der Waals surface area (Å²) in [5.74, 6) is -0.815. The summed E-state index contributed by atoms with van der Waals surface area (Å²) >= 11 is 0. The number of amides is 2. The molecule has 2 aromatic rings. The molecule has 4 nitrogen and oxygen atoms in total. The van der Waals surface area contributed by atoms with Crippen LogP contribution < -0.4 is 10.6 Å². The van der Waals surface area contributed by atoms with E-state index in [0.717, 1.165) is 11.1 Å². The maximum absolute atomic E-state index is 14.2. The minimum absolute atomic E-state index is 0.0396. The number of piperidine rings is 1. The molecule has 1 heterocycles. The van der Waals surface area contributed by atoms with Crippen LogP contribution in [0.3, 0.4) is 0 Å². The summed E-state index contributed by atoms with van der Waals surface area (Å²) in [5.41, 5.74) is 1.87. The fraction of sp³-hybridized carbons (Fsp3) is 0.333. The van der Waals surface area contributed by atoms with Gasteiger partial charge in [0.05, 0.1) is 0 Å². The lowest BCUT2D eigenvalue weighted by atomic mass is 9.67.